The van der Waals surface area contributed by atoms with Gasteiger partial charge < -0.3 is 9.88 Å². The highest BCUT2D eigenvalue weighted by molar-refractivity contribution is 6.06. The van der Waals surface area contributed by atoms with Gasteiger partial charge in [0.1, 0.15) is 5.56 Å². The van der Waals surface area contributed by atoms with Crippen LogP contribution in [0.25, 0.3) is 11.5 Å². The van der Waals surface area contributed by atoms with Gasteiger partial charge in [-0.3, -0.25) is 4.79 Å². The van der Waals surface area contributed by atoms with Gasteiger partial charge in [0, 0.05) is 18.1 Å². The number of nitrogens with one attached hydrogen (secondary N) is 1. The Kier molecular flexibility index (Phi) is 4.81. The summed E-state index contributed by atoms with van der Waals surface area (Å²) in [6, 6.07) is 19.8. The van der Waals surface area contributed by atoms with E-state index in [0.717, 1.165) is 28.9 Å². The molecule has 0 radical (unpaired) electrons. The number of carbonyl (C=O) groups is 1. The number of aryl methyl sites for hydroxylation is 2. The van der Waals surface area contributed by atoms with E-state index < -0.39 is 0 Å². The van der Waals surface area contributed by atoms with Crippen molar-refractivity contribution in [2.24, 2.45) is 0 Å². The van der Waals surface area contributed by atoms with Gasteiger partial charge in [0.15, 0.2) is 5.82 Å². The minimum absolute atomic E-state index is 0.177. The van der Waals surface area contributed by atoms with Crippen molar-refractivity contribution in [2.45, 2.75) is 20.3 Å². The van der Waals surface area contributed by atoms with Gasteiger partial charge >= 0.3 is 0 Å². The molecule has 5 nitrogen and oxygen atoms in total. The number of aromatic nitrogens is 3. The standard InChI is InChI=1S/C23H22N4O/c1-3-18-10-4-5-12-21(18)25-22(28)20-16-24-27(19-11-8-9-17(2)15-19)23(20)26-13-6-7-14-26/h4-16H,3H2,1-2H3,(H,25,28). The predicted octanol–water partition coefficient (Wildman–Crippen LogP) is 4.79. The Labute approximate surface area is 164 Å². The summed E-state index contributed by atoms with van der Waals surface area (Å²) in [5.41, 5.74) is 4.50. The summed E-state index contributed by atoms with van der Waals surface area (Å²) in [7, 11) is 0. The molecule has 0 aliphatic carbocycles. The third-order valence-corrected chi connectivity index (χ3v) is 4.73. The molecule has 0 bridgehead atoms. The number of para-hydroxylation sites is 1. The fourth-order valence-electron chi connectivity index (χ4n) is 3.32. The quantitative estimate of drug-likeness (QED) is 0.549. The third kappa shape index (κ3) is 3.34. The first kappa shape index (κ1) is 17.8. The highest BCUT2D eigenvalue weighted by Crippen LogP contribution is 2.23. The molecule has 0 saturated heterocycles. The van der Waals surface area contributed by atoms with E-state index in [1.54, 1.807) is 10.9 Å². The summed E-state index contributed by atoms with van der Waals surface area (Å²) in [4.78, 5) is 13.1. The maximum absolute atomic E-state index is 13.1. The van der Waals surface area contributed by atoms with E-state index in [4.69, 9.17) is 0 Å². The van der Waals surface area contributed by atoms with E-state index >= 15 is 0 Å². The molecule has 0 aliphatic heterocycles. The van der Waals surface area contributed by atoms with Crippen LogP contribution in [0.15, 0.2) is 79.3 Å². The van der Waals surface area contributed by atoms with E-state index in [1.165, 1.54) is 0 Å². The SMILES string of the molecule is CCc1ccccc1NC(=O)c1cnn(-c2cccc(C)c2)c1-n1cccc1. The number of benzene rings is 2. The first-order valence-corrected chi connectivity index (χ1v) is 9.35. The number of hydrogen-bond acceptors (Lipinski definition) is 2. The first-order valence-electron chi connectivity index (χ1n) is 9.35. The maximum atomic E-state index is 13.1. The monoisotopic (exact) mass is 370 g/mol. The average molecular weight is 370 g/mol. The summed E-state index contributed by atoms with van der Waals surface area (Å²) >= 11 is 0. The maximum Gasteiger partial charge on any atom is 0.261 e. The van der Waals surface area contributed by atoms with Crippen molar-refractivity contribution >= 4 is 11.6 Å². The fraction of sp³-hybridized carbons (Fsp3) is 0.130. The lowest BCUT2D eigenvalue weighted by molar-refractivity contribution is 0.102. The molecule has 0 fully saturated rings. The van der Waals surface area contributed by atoms with Gasteiger partial charge in [0.05, 0.1) is 11.9 Å². The lowest BCUT2D eigenvalue weighted by atomic mass is 10.1. The zero-order chi connectivity index (χ0) is 19.5. The largest absolute Gasteiger partial charge is 0.322 e. The van der Waals surface area contributed by atoms with Gasteiger partial charge in [-0.2, -0.15) is 5.10 Å². The molecule has 140 valence electrons. The van der Waals surface area contributed by atoms with Gasteiger partial charge in [-0.15, -0.1) is 0 Å². The summed E-state index contributed by atoms with van der Waals surface area (Å²) in [6.07, 6.45) is 6.31. The second-order valence-corrected chi connectivity index (χ2v) is 6.69. The van der Waals surface area contributed by atoms with E-state index in [2.05, 4.69) is 17.3 Å². The number of hydrogen-bond donors (Lipinski definition) is 1. The Morgan fingerprint density at radius 1 is 1.04 bits per heavy atom. The summed E-state index contributed by atoms with van der Waals surface area (Å²) < 4.78 is 3.71. The number of amides is 1. The van der Waals surface area contributed by atoms with Crippen LogP contribution in [-0.4, -0.2) is 20.3 Å². The molecule has 2 aromatic heterocycles. The molecule has 28 heavy (non-hydrogen) atoms. The van der Waals surface area contributed by atoms with Crippen LogP contribution in [0, 0.1) is 6.92 Å². The van der Waals surface area contributed by atoms with Crippen LogP contribution in [-0.2, 0) is 6.42 Å². The second-order valence-electron chi connectivity index (χ2n) is 6.69. The van der Waals surface area contributed by atoms with Crippen molar-refractivity contribution < 1.29 is 4.79 Å². The number of anilines is 1. The zero-order valence-electron chi connectivity index (χ0n) is 16.0. The normalized spacial score (nSPS) is 10.8. The molecule has 0 saturated carbocycles. The molecule has 0 aliphatic rings. The molecule has 0 atom stereocenters. The Hall–Kier alpha value is -3.60. The number of rotatable bonds is 5. The Balaban J connectivity index is 1.78. The van der Waals surface area contributed by atoms with Crippen LogP contribution in [0.5, 0.6) is 0 Å². The highest BCUT2D eigenvalue weighted by atomic mass is 16.1. The number of carbonyl (C=O) groups excluding carboxylic acids is 1. The van der Waals surface area contributed by atoms with Crippen molar-refractivity contribution in [3.05, 3.63) is 95.9 Å². The Morgan fingerprint density at radius 3 is 2.57 bits per heavy atom. The molecule has 5 heteroatoms. The molecule has 2 heterocycles. The Morgan fingerprint density at radius 2 is 1.82 bits per heavy atom. The summed E-state index contributed by atoms with van der Waals surface area (Å²) in [5, 5.41) is 7.57. The molecule has 0 spiro atoms. The van der Waals surface area contributed by atoms with Crippen LogP contribution in [0.3, 0.4) is 0 Å². The van der Waals surface area contributed by atoms with Crippen molar-refractivity contribution in [2.75, 3.05) is 5.32 Å². The second kappa shape index (κ2) is 7.56. The van der Waals surface area contributed by atoms with E-state index in [9.17, 15) is 4.79 Å². The molecular weight excluding hydrogens is 348 g/mol. The van der Waals surface area contributed by atoms with E-state index in [0.29, 0.717) is 11.4 Å². The third-order valence-electron chi connectivity index (χ3n) is 4.73. The van der Waals surface area contributed by atoms with Gasteiger partial charge in [-0.25, -0.2) is 4.68 Å². The molecular formula is C23H22N4O. The minimum Gasteiger partial charge on any atom is -0.322 e. The van der Waals surface area contributed by atoms with Gasteiger partial charge in [-0.1, -0.05) is 37.3 Å². The minimum atomic E-state index is -0.177. The molecule has 4 rings (SSSR count). The van der Waals surface area contributed by atoms with Crippen LogP contribution in [0.2, 0.25) is 0 Å². The van der Waals surface area contributed by atoms with Crippen molar-refractivity contribution in [1.82, 2.24) is 14.3 Å². The molecule has 1 amide bonds. The Bertz CT molecular complexity index is 1110. The first-order chi connectivity index (χ1) is 13.7. The smallest absolute Gasteiger partial charge is 0.261 e. The molecule has 4 aromatic rings. The van der Waals surface area contributed by atoms with Crippen molar-refractivity contribution in [1.29, 1.82) is 0 Å². The van der Waals surface area contributed by atoms with Crippen LogP contribution >= 0.6 is 0 Å². The predicted molar refractivity (Wildman–Crippen MR) is 111 cm³/mol. The topological polar surface area (TPSA) is 51.9 Å². The molecule has 2 aromatic carbocycles. The highest BCUT2D eigenvalue weighted by Gasteiger charge is 2.20. The van der Waals surface area contributed by atoms with Crippen LogP contribution in [0.1, 0.15) is 28.4 Å². The van der Waals surface area contributed by atoms with Gasteiger partial charge in [-0.05, 0) is 54.8 Å². The van der Waals surface area contributed by atoms with E-state index in [1.807, 2.05) is 84.5 Å². The fourth-order valence-corrected chi connectivity index (χ4v) is 3.32. The summed E-state index contributed by atoms with van der Waals surface area (Å²) in [6.45, 7) is 4.11. The van der Waals surface area contributed by atoms with Crippen molar-refractivity contribution in [3.8, 4) is 11.5 Å². The average Bonchev–Trinajstić information content (AvgIpc) is 3.37. The molecule has 1 N–H and O–H groups in total. The lowest BCUT2D eigenvalue weighted by Crippen LogP contribution is -2.16. The summed E-state index contributed by atoms with van der Waals surface area (Å²) in [5.74, 6) is 0.533. The zero-order valence-corrected chi connectivity index (χ0v) is 16.0. The van der Waals surface area contributed by atoms with Crippen LogP contribution < -0.4 is 5.32 Å². The number of nitrogens with zero attached hydrogens (tertiary/aromatic N) is 3. The van der Waals surface area contributed by atoms with Crippen molar-refractivity contribution in [3.63, 3.8) is 0 Å². The lowest BCUT2D eigenvalue weighted by Gasteiger charge is -2.13. The molecule has 0 unspecified atom stereocenters. The van der Waals surface area contributed by atoms with Gasteiger partial charge in [0.2, 0.25) is 0 Å². The van der Waals surface area contributed by atoms with E-state index in [-0.39, 0.29) is 5.91 Å². The van der Waals surface area contributed by atoms with Crippen LogP contribution in [0.4, 0.5) is 5.69 Å². The van der Waals surface area contributed by atoms with Gasteiger partial charge in [0.25, 0.3) is 5.91 Å².